The van der Waals surface area contributed by atoms with Gasteiger partial charge in [0.25, 0.3) is 0 Å². The Kier molecular flexibility index (Phi) is 3.88. The number of hydrogen-bond donors (Lipinski definition) is 0. The van der Waals surface area contributed by atoms with Gasteiger partial charge in [0, 0.05) is 0 Å². The van der Waals surface area contributed by atoms with E-state index in [1.54, 1.807) is 0 Å². The SMILES string of the molecule is CBCCOC1=CCCC=C1. The molecule has 0 radical (unpaired) electrons. The van der Waals surface area contributed by atoms with Crippen LogP contribution < -0.4 is 0 Å². The van der Waals surface area contributed by atoms with Crippen molar-refractivity contribution in [1.29, 1.82) is 0 Å². The average Bonchev–Trinajstić information content (AvgIpc) is 2.07. The summed E-state index contributed by atoms with van der Waals surface area (Å²) in [7, 11) is 1.21. The summed E-state index contributed by atoms with van der Waals surface area (Å²) >= 11 is 0. The number of hydrogen-bond acceptors (Lipinski definition) is 1. The Hall–Kier alpha value is -0.655. The summed E-state index contributed by atoms with van der Waals surface area (Å²) < 4.78 is 5.50. The molecular formula is C9H15BO. The third-order valence-corrected chi connectivity index (χ3v) is 1.73. The number of ether oxygens (including phenoxy) is 1. The summed E-state index contributed by atoms with van der Waals surface area (Å²) in [5, 5.41) is 0. The molecule has 0 aromatic carbocycles. The van der Waals surface area contributed by atoms with Crippen molar-refractivity contribution >= 4 is 7.28 Å². The molecule has 60 valence electrons. The van der Waals surface area contributed by atoms with E-state index in [4.69, 9.17) is 4.74 Å². The van der Waals surface area contributed by atoms with Gasteiger partial charge in [-0.1, -0.05) is 12.9 Å². The minimum atomic E-state index is 0.868. The molecule has 1 rings (SSSR count). The van der Waals surface area contributed by atoms with Gasteiger partial charge in [-0.05, 0) is 31.3 Å². The molecular weight excluding hydrogens is 135 g/mol. The lowest BCUT2D eigenvalue weighted by Crippen LogP contribution is -1.96. The van der Waals surface area contributed by atoms with Gasteiger partial charge >= 0.3 is 0 Å². The third-order valence-electron chi connectivity index (χ3n) is 1.73. The zero-order valence-electron chi connectivity index (χ0n) is 7.18. The Morgan fingerprint density at radius 2 is 2.45 bits per heavy atom. The summed E-state index contributed by atoms with van der Waals surface area (Å²) in [5.41, 5.74) is 0. The highest BCUT2D eigenvalue weighted by molar-refractivity contribution is 6.33. The smallest absolute Gasteiger partial charge is 0.121 e. The Balaban J connectivity index is 2.15. The standard InChI is InChI=1S/C9H15BO/c1-10-7-8-11-9-5-3-2-4-6-9/h3,5-6,10H,2,4,7-8H2,1H3. The number of rotatable bonds is 4. The topological polar surface area (TPSA) is 9.23 Å². The lowest BCUT2D eigenvalue weighted by atomic mass is 9.79. The highest BCUT2D eigenvalue weighted by atomic mass is 16.5. The first kappa shape index (κ1) is 8.44. The average molecular weight is 150 g/mol. The third kappa shape index (κ3) is 3.31. The molecule has 0 fully saturated rings. The van der Waals surface area contributed by atoms with E-state index >= 15 is 0 Å². The Bertz CT molecular complexity index is 161. The van der Waals surface area contributed by atoms with Gasteiger partial charge in [0.1, 0.15) is 13.0 Å². The molecule has 0 N–H and O–H groups in total. The summed E-state index contributed by atoms with van der Waals surface area (Å²) in [5.74, 6) is 1.06. The Morgan fingerprint density at radius 1 is 1.55 bits per heavy atom. The van der Waals surface area contributed by atoms with E-state index in [-0.39, 0.29) is 0 Å². The second-order valence-electron chi connectivity index (χ2n) is 2.79. The van der Waals surface area contributed by atoms with Crippen LogP contribution in [0.25, 0.3) is 0 Å². The van der Waals surface area contributed by atoms with Crippen LogP contribution in [-0.2, 0) is 4.74 Å². The minimum absolute atomic E-state index is 0.868. The molecule has 0 atom stereocenters. The minimum Gasteiger partial charge on any atom is -0.495 e. The first-order chi connectivity index (χ1) is 5.43. The summed E-state index contributed by atoms with van der Waals surface area (Å²) in [6.07, 6.45) is 9.86. The van der Waals surface area contributed by atoms with Crippen LogP contribution >= 0.6 is 0 Å². The maximum absolute atomic E-state index is 5.50. The summed E-state index contributed by atoms with van der Waals surface area (Å²) in [4.78, 5) is 0. The van der Waals surface area contributed by atoms with Gasteiger partial charge in [-0.2, -0.15) is 0 Å². The molecule has 0 heterocycles. The van der Waals surface area contributed by atoms with E-state index in [1.165, 1.54) is 13.7 Å². The van der Waals surface area contributed by atoms with Crippen LogP contribution in [-0.4, -0.2) is 13.9 Å². The molecule has 2 heteroatoms. The van der Waals surface area contributed by atoms with Crippen LogP contribution in [0.5, 0.6) is 0 Å². The Morgan fingerprint density at radius 3 is 3.09 bits per heavy atom. The van der Waals surface area contributed by atoms with Crippen LogP contribution in [0.15, 0.2) is 24.0 Å². The fourth-order valence-electron chi connectivity index (χ4n) is 1.03. The molecule has 1 aliphatic rings. The van der Waals surface area contributed by atoms with Crippen molar-refractivity contribution in [3.05, 3.63) is 24.0 Å². The van der Waals surface area contributed by atoms with E-state index < -0.39 is 0 Å². The maximum Gasteiger partial charge on any atom is 0.121 e. The predicted molar refractivity (Wildman–Crippen MR) is 50.2 cm³/mol. The van der Waals surface area contributed by atoms with Gasteiger partial charge < -0.3 is 4.74 Å². The Labute approximate surface area is 69.4 Å². The quantitative estimate of drug-likeness (QED) is 0.440. The van der Waals surface area contributed by atoms with Gasteiger partial charge in [-0.25, -0.2) is 0 Å². The van der Waals surface area contributed by atoms with Crippen molar-refractivity contribution in [2.24, 2.45) is 0 Å². The second-order valence-corrected chi connectivity index (χ2v) is 2.79. The fraction of sp³-hybridized carbons (Fsp3) is 0.556. The summed E-state index contributed by atoms with van der Waals surface area (Å²) in [6, 6.07) is 0. The first-order valence-corrected chi connectivity index (χ1v) is 4.43. The molecule has 0 saturated heterocycles. The monoisotopic (exact) mass is 150 g/mol. The molecule has 1 nitrogen and oxygen atoms in total. The molecule has 0 bridgehead atoms. The second kappa shape index (κ2) is 5.06. The van der Waals surface area contributed by atoms with Crippen molar-refractivity contribution in [2.75, 3.05) is 6.61 Å². The molecule has 0 unspecified atom stereocenters. The van der Waals surface area contributed by atoms with E-state index in [1.807, 2.05) is 0 Å². The highest BCUT2D eigenvalue weighted by Gasteiger charge is 1.96. The van der Waals surface area contributed by atoms with Gasteiger partial charge in [0.05, 0.1) is 6.61 Å². The van der Waals surface area contributed by atoms with Gasteiger partial charge in [-0.3, -0.25) is 0 Å². The lowest BCUT2D eigenvalue weighted by Gasteiger charge is -2.08. The van der Waals surface area contributed by atoms with Crippen molar-refractivity contribution in [2.45, 2.75) is 26.0 Å². The van der Waals surface area contributed by atoms with E-state index in [0.717, 1.165) is 25.1 Å². The van der Waals surface area contributed by atoms with E-state index in [0.29, 0.717) is 0 Å². The zero-order chi connectivity index (χ0) is 7.94. The largest absolute Gasteiger partial charge is 0.495 e. The predicted octanol–water partition coefficient (Wildman–Crippen LogP) is 2.14. The van der Waals surface area contributed by atoms with Gasteiger partial charge in [0.2, 0.25) is 0 Å². The normalized spacial score (nSPS) is 15.9. The molecule has 11 heavy (non-hydrogen) atoms. The van der Waals surface area contributed by atoms with Crippen LogP contribution in [0.2, 0.25) is 13.1 Å². The van der Waals surface area contributed by atoms with Crippen molar-refractivity contribution < 1.29 is 4.74 Å². The van der Waals surface area contributed by atoms with Crippen LogP contribution in [0.1, 0.15) is 12.8 Å². The van der Waals surface area contributed by atoms with Crippen LogP contribution in [0, 0.1) is 0 Å². The zero-order valence-corrected chi connectivity index (χ0v) is 7.18. The highest BCUT2D eigenvalue weighted by Crippen LogP contribution is 2.10. The lowest BCUT2D eigenvalue weighted by molar-refractivity contribution is 0.240. The molecule has 0 aromatic rings. The first-order valence-electron chi connectivity index (χ1n) is 4.43. The molecule has 0 aromatic heterocycles. The number of allylic oxidation sites excluding steroid dienone is 3. The van der Waals surface area contributed by atoms with Crippen molar-refractivity contribution in [3.63, 3.8) is 0 Å². The van der Waals surface area contributed by atoms with Gasteiger partial charge in [0.15, 0.2) is 0 Å². The van der Waals surface area contributed by atoms with E-state index in [2.05, 4.69) is 25.1 Å². The van der Waals surface area contributed by atoms with Gasteiger partial charge in [-0.15, -0.1) is 0 Å². The molecule has 0 aliphatic heterocycles. The molecule has 0 amide bonds. The maximum atomic E-state index is 5.50. The van der Waals surface area contributed by atoms with Crippen molar-refractivity contribution in [3.8, 4) is 0 Å². The fourth-order valence-corrected chi connectivity index (χ4v) is 1.03. The molecule has 1 aliphatic carbocycles. The molecule has 0 saturated carbocycles. The van der Waals surface area contributed by atoms with Crippen LogP contribution in [0.3, 0.4) is 0 Å². The molecule has 0 spiro atoms. The summed E-state index contributed by atoms with van der Waals surface area (Å²) in [6.45, 7) is 3.04. The van der Waals surface area contributed by atoms with Crippen molar-refractivity contribution in [1.82, 2.24) is 0 Å². The van der Waals surface area contributed by atoms with Crippen LogP contribution in [0.4, 0.5) is 0 Å². The van der Waals surface area contributed by atoms with E-state index in [9.17, 15) is 0 Å².